The summed E-state index contributed by atoms with van der Waals surface area (Å²) >= 11 is 0. The Morgan fingerprint density at radius 3 is 3.00 bits per heavy atom. The molecule has 4 nitrogen and oxygen atoms in total. The standard InChI is InChI=1S/C9H19NO3/c11-6-9(12)5-10-3-1-8-2-4-13-7-8/h8-12H,1-7H2/t8?,9-/m0/s1. The third kappa shape index (κ3) is 4.57. The summed E-state index contributed by atoms with van der Waals surface area (Å²) in [5, 5.41) is 20.6. The summed E-state index contributed by atoms with van der Waals surface area (Å²) in [6, 6.07) is 0. The molecule has 4 heteroatoms. The summed E-state index contributed by atoms with van der Waals surface area (Å²) in [6.45, 7) is 2.98. The van der Waals surface area contributed by atoms with Gasteiger partial charge in [-0.15, -0.1) is 0 Å². The van der Waals surface area contributed by atoms with Crippen LogP contribution in [0.5, 0.6) is 0 Å². The van der Waals surface area contributed by atoms with Crippen LogP contribution in [0.2, 0.25) is 0 Å². The van der Waals surface area contributed by atoms with Crippen LogP contribution >= 0.6 is 0 Å². The van der Waals surface area contributed by atoms with Crippen LogP contribution in [0.3, 0.4) is 0 Å². The lowest BCUT2D eigenvalue weighted by atomic mass is 10.1. The van der Waals surface area contributed by atoms with Gasteiger partial charge in [0.2, 0.25) is 0 Å². The number of nitrogens with one attached hydrogen (secondary N) is 1. The fourth-order valence-electron chi connectivity index (χ4n) is 1.45. The molecule has 0 radical (unpaired) electrons. The highest BCUT2D eigenvalue weighted by atomic mass is 16.5. The van der Waals surface area contributed by atoms with Crippen LogP contribution in [-0.4, -0.2) is 49.2 Å². The van der Waals surface area contributed by atoms with Gasteiger partial charge in [0.25, 0.3) is 0 Å². The minimum Gasteiger partial charge on any atom is -0.394 e. The smallest absolute Gasteiger partial charge is 0.0894 e. The number of rotatable bonds is 6. The molecule has 1 fully saturated rings. The molecule has 0 saturated carbocycles. The van der Waals surface area contributed by atoms with Gasteiger partial charge in [-0.05, 0) is 25.3 Å². The molecule has 1 saturated heterocycles. The molecular weight excluding hydrogens is 170 g/mol. The molecule has 0 bridgehead atoms. The number of aliphatic hydroxyl groups excluding tert-OH is 2. The molecular formula is C9H19NO3. The highest BCUT2D eigenvalue weighted by Gasteiger charge is 2.14. The second-order valence-corrected chi connectivity index (χ2v) is 3.56. The lowest BCUT2D eigenvalue weighted by molar-refractivity contribution is 0.0941. The van der Waals surface area contributed by atoms with Gasteiger partial charge < -0.3 is 20.3 Å². The van der Waals surface area contributed by atoms with Crippen molar-refractivity contribution in [3.63, 3.8) is 0 Å². The van der Waals surface area contributed by atoms with E-state index in [2.05, 4.69) is 5.32 Å². The fraction of sp³-hybridized carbons (Fsp3) is 1.00. The Kier molecular flexibility index (Phi) is 5.31. The monoisotopic (exact) mass is 189 g/mol. The SMILES string of the molecule is OC[C@@H](O)CNCCC1CCOC1. The summed E-state index contributed by atoms with van der Waals surface area (Å²) in [6.07, 6.45) is 1.63. The van der Waals surface area contributed by atoms with Crippen molar-refractivity contribution in [2.24, 2.45) is 5.92 Å². The van der Waals surface area contributed by atoms with Crippen LogP contribution in [0.25, 0.3) is 0 Å². The Bertz CT molecular complexity index is 126. The van der Waals surface area contributed by atoms with E-state index in [1.165, 1.54) is 0 Å². The molecule has 1 heterocycles. The Balaban J connectivity index is 1.88. The second-order valence-electron chi connectivity index (χ2n) is 3.56. The van der Waals surface area contributed by atoms with E-state index in [-0.39, 0.29) is 6.61 Å². The Morgan fingerprint density at radius 2 is 2.38 bits per heavy atom. The summed E-state index contributed by atoms with van der Waals surface area (Å²) in [7, 11) is 0. The van der Waals surface area contributed by atoms with E-state index in [0.29, 0.717) is 12.5 Å². The third-order valence-electron chi connectivity index (χ3n) is 2.34. The molecule has 1 aliphatic heterocycles. The van der Waals surface area contributed by atoms with E-state index in [4.69, 9.17) is 14.9 Å². The molecule has 1 rings (SSSR count). The van der Waals surface area contributed by atoms with Crippen LogP contribution in [0.1, 0.15) is 12.8 Å². The minimum atomic E-state index is -0.625. The largest absolute Gasteiger partial charge is 0.394 e. The average molecular weight is 189 g/mol. The maximum atomic E-state index is 9.01. The molecule has 78 valence electrons. The first-order chi connectivity index (χ1) is 6.33. The van der Waals surface area contributed by atoms with Crippen molar-refractivity contribution in [2.45, 2.75) is 18.9 Å². The van der Waals surface area contributed by atoms with E-state index in [9.17, 15) is 0 Å². The molecule has 0 spiro atoms. The number of aliphatic hydroxyl groups is 2. The van der Waals surface area contributed by atoms with E-state index in [1.54, 1.807) is 0 Å². The van der Waals surface area contributed by atoms with Gasteiger partial charge in [0, 0.05) is 19.8 Å². The van der Waals surface area contributed by atoms with Gasteiger partial charge in [-0.25, -0.2) is 0 Å². The van der Waals surface area contributed by atoms with Crippen molar-refractivity contribution in [1.29, 1.82) is 0 Å². The number of hydrogen-bond donors (Lipinski definition) is 3. The Morgan fingerprint density at radius 1 is 1.54 bits per heavy atom. The molecule has 0 aliphatic carbocycles. The predicted molar refractivity (Wildman–Crippen MR) is 49.5 cm³/mol. The maximum absolute atomic E-state index is 9.01. The predicted octanol–water partition coefficient (Wildman–Crippen LogP) is -0.644. The first kappa shape index (κ1) is 10.9. The van der Waals surface area contributed by atoms with Gasteiger partial charge in [0.05, 0.1) is 12.7 Å². The normalized spacial score (nSPS) is 24.9. The Labute approximate surface area is 78.9 Å². The van der Waals surface area contributed by atoms with Crippen molar-refractivity contribution in [2.75, 3.05) is 32.9 Å². The van der Waals surface area contributed by atoms with Crippen molar-refractivity contribution in [3.05, 3.63) is 0 Å². The van der Waals surface area contributed by atoms with E-state index in [0.717, 1.165) is 32.6 Å². The van der Waals surface area contributed by atoms with Gasteiger partial charge in [-0.1, -0.05) is 0 Å². The molecule has 0 amide bonds. The van der Waals surface area contributed by atoms with Gasteiger partial charge in [0.15, 0.2) is 0 Å². The number of ether oxygens (including phenoxy) is 1. The molecule has 13 heavy (non-hydrogen) atoms. The first-order valence-electron chi connectivity index (χ1n) is 4.90. The van der Waals surface area contributed by atoms with Crippen LogP contribution in [0.15, 0.2) is 0 Å². The van der Waals surface area contributed by atoms with E-state index < -0.39 is 6.10 Å². The van der Waals surface area contributed by atoms with Crippen molar-refractivity contribution in [3.8, 4) is 0 Å². The molecule has 1 unspecified atom stereocenters. The lowest BCUT2D eigenvalue weighted by Gasteiger charge is -2.10. The fourth-order valence-corrected chi connectivity index (χ4v) is 1.45. The molecule has 0 aromatic rings. The molecule has 3 N–H and O–H groups in total. The summed E-state index contributed by atoms with van der Waals surface area (Å²) in [5.41, 5.74) is 0. The van der Waals surface area contributed by atoms with Crippen LogP contribution in [-0.2, 0) is 4.74 Å². The van der Waals surface area contributed by atoms with Crippen LogP contribution in [0.4, 0.5) is 0 Å². The van der Waals surface area contributed by atoms with Gasteiger partial charge in [0.1, 0.15) is 0 Å². The first-order valence-corrected chi connectivity index (χ1v) is 4.90. The van der Waals surface area contributed by atoms with Crippen LogP contribution < -0.4 is 5.32 Å². The molecule has 0 aromatic carbocycles. The maximum Gasteiger partial charge on any atom is 0.0894 e. The number of hydrogen-bond acceptors (Lipinski definition) is 4. The van der Waals surface area contributed by atoms with Crippen molar-refractivity contribution >= 4 is 0 Å². The lowest BCUT2D eigenvalue weighted by Crippen LogP contribution is -2.30. The van der Waals surface area contributed by atoms with Gasteiger partial charge in [-0.3, -0.25) is 0 Å². The summed E-state index contributed by atoms with van der Waals surface area (Å²) in [4.78, 5) is 0. The summed E-state index contributed by atoms with van der Waals surface area (Å²) < 4.78 is 5.24. The van der Waals surface area contributed by atoms with E-state index >= 15 is 0 Å². The Hall–Kier alpha value is -0.160. The molecule has 1 aliphatic rings. The average Bonchev–Trinajstić information content (AvgIpc) is 2.64. The van der Waals surface area contributed by atoms with Gasteiger partial charge >= 0.3 is 0 Å². The zero-order chi connectivity index (χ0) is 9.52. The highest BCUT2D eigenvalue weighted by Crippen LogP contribution is 2.14. The van der Waals surface area contributed by atoms with Crippen molar-refractivity contribution < 1.29 is 14.9 Å². The quantitative estimate of drug-likeness (QED) is 0.486. The van der Waals surface area contributed by atoms with Crippen LogP contribution in [0, 0.1) is 5.92 Å². The zero-order valence-corrected chi connectivity index (χ0v) is 7.91. The molecule has 2 atom stereocenters. The second kappa shape index (κ2) is 6.32. The zero-order valence-electron chi connectivity index (χ0n) is 7.91. The van der Waals surface area contributed by atoms with Gasteiger partial charge in [-0.2, -0.15) is 0 Å². The molecule has 0 aromatic heterocycles. The third-order valence-corrected chi connectivity index (χ3v) is 2.34. The van der Waals surface area contributed by atoms with E-state index in [1.807, 2.05) is 0 Å². The highest BCUT2D eigenvalue weighted by molar-refractivity contribution is 4.66. The minimum absolute atomic E-state index is 0.167. The van der Waals surface area contributed by atoms with Crippen molar-refractivity contribution in [1.82, 2.24) is 5.32 Å². The summed E-state index contributed by atoms with van der Waals surface area (Å²) in [5.74, 6) is 0.679. The topological polar surface area (TPSA) is 61.7 Å².